The maximum atomic E-state index is 12.0. The lowest BCUT2D eigenvalue weighted by Gasteiger charge is -2.35. The van der Waals surface area contributed by atoms with E-state index in [-0.39, 0.29) is 12.1 Å². The van der Waals surface area contributed by atoms with Crippen molar-refractivity contribution in [2.24, 2.45) is 5.92 Å². The Morgan fingerprint density at radius 1 is 1.32 bits per heavy atom. The van der Waals surface area contributed by atoms with Gasteiger partial charge in [0.15, 0.2) is 0 Å². The largest absolute Gasteiger partial charge is 0.445 e. The molecule has 1 saturated heterocycles. The number of piperidine rings is 1. The summed E-state index contributed by atoms with van der Waals surface area (Å²) < 4.78 is 5.31. The van der Waals surface area contributed by atoms with Gasteiger partial charge in [0.05, 0.1) is 0 Å². The van der Waals surface area contributed by atoms with Crippen molar-refractivity contribution in [3.8, 4) is 0 Å². The molecule has 1 heterocycles. The zero-order valence-electron chi connectivity index (χ0n) is 13.8. The van der Waals surface area contributed by atoms with E-state index in [0.717, 1.165) is 25.1 Å². The summed E-state index contributed by atoms with van der Waals surface area (Å²) in [5.74, 6) is 0.679. The van der Waals surface area contributed by atoms with E-state index in [9.17, 15) is 4.79 Å². The molecule has 2 unspecified atom stereocenters. The number of alkyl carbamates (subject to hydrolysis) is 1. The molecule has 0 bridgehead atoms. The average Bonchev–Trinajstić information content (AvgIpc) is 2.51. The van der Waals surface area contributed by atoms with Crippen LogP contribution in [0.25, 0.3) is 0 Å². The number of hydrogen-bond acceptors (Lipinski definition) is 3. The topological polar surface area (TPSA) is 41.6 Å². The Kier molecular flexibility index (Phi) is 6.72. The van der Waals surface area contributed by atoms with Gasteiger partial charge >= 0.3 is 6.09 Å². The van der Waals surface area contributed by atoms with Crippen molar-refractivity contribution in [1.29, 1.82) is 0 Å². The Labute approximate surface area is 133 Å². The van der Waals surface area contributed by atoms with Gasteiger partial charge in [0, 0.05) is 19.1 Å². The maximum absolute atomic E-state index is 12.0. The monoisotopic (exact) mass is 304 g/mol. The maximum Gasteiger partial charge on any atom is 0.407 e. The molecule has 4 nitrogen and oxygen atoms in total. The van der Waals surface area contributed by atoms with Gasteiger partial charge in [-0.1, -0.05) is 50.1 Å². The summed E-state index contributed by atoms with van der Waals surface area (Å²) in [6.07, 6.45) is 4.50. The van der Waals surface area contributed by atoms with Crippen LogP contribution in [0.5, 0.6) is 0 Å². The lowest BCUT2D eigenvalue weighted by atomic mass is 9.90. The van der Waals surface area contributed by atoms with Crippen molar-refractivity contribution < 1.29 is 9.53 Å². The molecular weight excluding hydrogens is 276 g/mol. The van der Waals surface area contributed by atoms with E-state index in [2.05, 4.69) is 24.2 Å². The predicted molar refractivity (Wildman–Crippen MR) is 88.7 cm³/mol. The number of ether oxygens (including phenoxy) is 1. The molecular formula is C18H28N2O2. The number of unbranched alkanes of at least 4 members (excludes halogenated alkanes) is 1. The second kappa shape index (κ2) is 8.79. The summed E-state index contributed by atoms with van der Waals surface area (Å²) in [5.41, 5.74) is 1.01. The molecule has 1 aromatic rings. The number of rotatable bonds is 6. The second-order valence-electron chi connectivity index (χ2n) is 6.37. The van der Waals surface area contributed by atoms with E-state index in [1.54, 1.807) is 0 Å². The standard InChI is InChI=1S/C18H28N2O2/c1-3-4-8-16-11-17(13-20(2)12-16)19-18(21)22-14-15-9-6-5-7-10-15/h5-7,9-10,16-17H,3-4,8,11-14H2,1-2H3,(H,19,21). The molecule has 1 N–H and O–H groups in total. The SMILES string of the molecule is CCCCC1CC(NC(=O)OCc2ccccc2)CN(C)C1. The lowest BCUT2D eigenvalue weighted by molar-refractivity contribution is 0.117. The Balaban J connectivity index is 1.75. The van der Waals surface area contributed by atoms with Gasteiger partial charge in [-0.2, -0.15) is 0 Å². The Bertz CT molecular complexity index is 450. The van der Waals surface area contributed by atoms with Gasteiger partial charge in [-0.05, 0) is 31.4 Å². The minimum Gasteiger partial charge on any atom is -0.445 e. The van der Waals surface area contributed by atoms with Gasteiger partial charge < -0.3 is 15.0 Å². The van der Waals surface area contributed by atoms with Crippen molar-refractivity contribution in [3.05, 3.63) is 35.9 Å². The number of carbonyl (C=O) groups is 1. The summed E-state index contributed by atoms with van der Waals surface area (Å²) in [5, 5.41) is 3.02. The van der Waals surface area contributed by atoms with Crippen LogP contribution in [0.3, 0.4) is 0 Å². The molecule has 0 radical (unpaired) electrons. The number of carbonyl (C=O) groups excluding carboxylic acids is 1. The molecule has 1 fully saturated rings. The Morgan fingerprint density at radius 2 is 2.09 bits per heavy atom. The summed E-state index contributed by atoms with van der Waals surface area (Å²) >= 11 is 0. The van der Waals surface area contributed by atoms with Gasteiger partial charge in [0.1, 0.15) is 6.61 Å². The summed E-state index contributed by atoms with van der Waals surface area (Å²) in [4.78, 5) is 14.3. The van der Waals surface area contributed by atoms with Crippen LogP contribution in [-0.2, 0) is 11.3 Å². The van der Waals surface area contributed by atoms with E-state index < -0.39 is 0 Å². The van der Waals surface area contributed by atoms with Crippen LogP contribution < -0.4 is 5.32 Å². The molecule has 122 valence electrons. The van der Waals surface area contributed by atoms with E-state index in [0.29, 0.717) is 12.5 Å². The van der Waals surface area contributed by atoms with Gasteiger partial charge in [-0.15, -0.1) is 0 Å². The highest BCUT2D eigenvalue weighted by Crippen LogP contribution is 2.21. The van der Waals surface area contributed by atoms with Crippen molar-refractivity contribution >= 4 is 6.09 Å². The number of nitrogens with one attached hydrogen (secondary N) is 1. The van der Waals surface area contributed by atoms with Gasteiger partial charge in [-0.3, -0.25) is 0 Å². The normalized spacial score (nSPS) is 22.3. The molecule has 0 spiro atoms. The van der Waals surface area contributed by atoms with Gasteiger partial charge in [0.2, 0.25) is 0 Å². The van der Waals surface area contributed by atoms with Crippen molar-refractivity contribution in [2.75, 3.05) is 20.1 Å². The van der Waals surface area contributed by atoms with Crippen LogP contribution in [0.2, 0.25) is 0 Å². The molecule has 2 rings (SSSR count). The minimum atomic E-state index is -0.307. The summed E-state index contributed by atoms with van der Waals surface area (Å²) in [6, 6.07) is 9.97. The fraction of sp³-hybridized carbons (Fsp3) is 0.611. The third-order valence-corrected chi connectivity index (χ3v) is 4.22. The number of amides is 1. The van der Waals surface area contributed by atoms with Crippen LogP contribution in [0.15, 0.2) is 30.3 Å². The number of benzene rings is 1. The third kappa shape index (κ3) is 5.68. The Hall–Kier alpha value is -1.55. The molecule has 1 amide bonds. The van der Waals surface area contributed by atoms with Crippen molar-refractivity contribution in [2.45, 2.75) is 45.3 Å². The molecule has 0 aromatic heterocycles. The lowest BCUT2D eigenvalue weighted by Crippen LogP contribution is -2.49. The minimum absolute atomic E-state index is 0.198. The molecule has 0 aliphatic carbocycles. The van der Waals surface area contributed by atoms with Crippen LogP contribution in [0, 0.1) is 5.92 Å². The Morgan fingerprint density at radius 3 is 2.82 bits per heavy atom. The van der Waals surface area contributed by atoms with E-state index >= 15 is 0 Å². The molecule has 1 aliphatic rings. The first-order valence-electron chi connectivity index (χ1n) is 8.33. The zero-order valence-corrected chi connectivity index (χ0v) is 13.8. The summed E-state index contributed by atoms with van der Waals surface area (Å²) in [6.45, 7) is 4.60. The van der Waals surface area contributed by atoms with E-state index in [1.165, 1.54) is 19.3 Å². The van der Waals surface area contributed by atoms with Crippen molar-refractivity contribution in [3.63, 3.8) is 0 Å². The fourth-order valence-electron chi connectivity index (χ4n) is 3.18. The number of likely N-dealkylation sites (tertiary alicyclic amines) is 1. The quantitative estimate of drug-likeness (QED) is 0.875. The molecule has 0 saturated carbocycles. The van der Waals surface area contributed by atoms with Crippen LogP contribution in [0.1, 0.15) is 38.2 Å². The fourth-order valence-corrected chi connectivity index (χ4v) is 3.18. The average molecular weight is 304 g/mol. The van der Waals surface area contributed by atoms with Crippen molar-refractivity contribution in [1.82, 2.24) is 10.2 Å². The van der Waals surface area contributed by atoms with E-state index in [1.807, 2.05) is 30.3 Å². The van der Waals surface area contributed by atoms with Crippen LogP contribution in [-0.4, -0.2) is 37.2 Å². The highest BCUT2D eigenvalue weighted by atomic mass is 16.5. The number of nitrogens with zero attached hydrogens (tertiary/aromatic N) is 1. The van der Waals surface area contributed by atoms with Crippen LogP contribution in [0.4, 0.5) is 4.79 Å². The zero-order chi connectivity index (χ0) is 15.8. The highest BCUT2D eigenvalue weighted by Gasteiger charge is 2.26. The first-order valence-corrected chi connectivity index (χ1v) is 8.33. The molecule has 1 aromatic carbocycles. The second-order valence-corrected chi connectivity index (χ2v) is 6.37. The predicted octanol–water partition coefficient (Wildman–Crippen LogP) is 3.42. The summed E-state index contributed by atoms with van der Waals surface area (Å²) in [7, 11) is 2.13. The highest BCUT2D eigenvalue weighted by molar-refractivity contribution is 5.67. The third-order valence-electron chi connectivity index (χ3n) is 4.22. The first-order chi connectivity index (χ1) is 10.7. The molecule has 2 atom stereocenters. The smallest absolute Gasteiger partial charge is 0.407 e. The van der Waals surface area contributed by atoms with Crippen LogP contribution >= 0.6 is 0 Å². The van der Waals surface area contributed by atoms with Gasteiger partial charge in [0.25, 0.3) is 0 Å². The first kappa shape index (κ1) is 16.8. The molecule has 1 aliphatic heterocycles. The molecule has 4 heteroatoms. The number of likely N-dealkylation sites (N-methyl/N-ethyl adjacent to an activating group) is 1. The number of hydrogen-bond donors (Lipinski definition) is 1. The van der Waals surface area contributed by atoms with E-state index in [4.69, 9.17) is 4.74 Å². The molecule has 22 heavy (non-hydrogen) atoms. The van der Waals surface area contributed by atoms with Gasteiger partial charge in [-0.25, -0.2) is 4.79 Å².